The maximum atomic E-state index is 12.7. The van der Waals surface area contributed by atoms with Crippen molar-refractivity contribution in [1.29, 1.82) is 0 Å². The Morgan fingerprint density at radius 2 is 1.48 bits per heavy atom. The smallest absolute Gasteiger partial charge is 0.243 e. The summed E-state index contributed by atoms with van der Waals surface area (Å²) in [6.45, 7) is 0.963. The van der Waals surface area contributed by atoms with Crippen molar-refractivity contribution in [3.8, 4) is 11.5 Å². The Labute approximate surface area is 169 Å². The maximum Gasteiger partial charge on any atom is 0.243 e. The Kier molecular flexibility index (Phi) is 7.18. The van der Waals surface area contributed by atoms with Crippen LogP contribution in [0.1, 0.15) is 6.92 Å². The average molecular weight is 421 g/mol. The maximum absolute atomic E-state index is 12.7. The number of rotatable bonds is 8. The predicted molar refractivity (Wildman–Crippen MR) is 109 cm³/mol. The van der Waals surface area contributed by atoms with E-state index in [1.807, 2.05) is 0 Å². The van der Waals surface area contributed by atoms with Crippen LogP contribution in [0.15, 0.2) is 47.4 Å². The van der Waals surface area contributed by atoms with Crippen molar-refractivity contribution in [3.05, 3.63) is 42.5 Å². The minimum absolute atomic E-state index is 0.00458. The van der Waals surface area contributed by atoms with Crippen LogP contribution in [-0.2, 0) is 19.6 Å². The molecule has 0 atom stereocenters. The Bertz CT molecular complexity index is 967. The minimum Gasteiger partial charge on any atom is -0.497 e. The molecular formula is C19H23N3O6S. The molecule has 0 bridgehead atoms. The van der Waals surface area contributed by atoms with Crippen LogP contribution in [0.25, 0.3) is 0 Å². The van der Waals surface area contributed by atoms with Crippen LogP contribution in [0.3, 0.4) is 0 Å². The van der Waals surface area contributed by atoms with Gasteiger partial charge in [-0.15, -0.1) is 0 Å². The largest absolute Gasteiger partial charge is 0.497 e. The first-order valence-corrected chi connectivity index (χ1v) is 9.96. The lowest BCUT2D eigenvalue weighted by Gasteiger charge is -2.17. The summed E-state index contributed by atoms with van der Waals surface area (Å²) in [6, 6.07) is 10.5. The molecule has 9 nitrogen and oxygen atoms in total. The highest BCUT2D eigenvalue weighted by molar-refractivity contribution is 7.89. The minimum atomic E-state index is -3.89. The van der Waals surface area contributed by atoms with Gasteiger partial charge in [-0.05, 0) is 24.3 Å². The standard InChI is InChI=1S/C19H23N3O6S/c1-13(23)20-14-5-7-18(8-6-14)29(25,26)22(2)12-19(24)21-15-9-16(27-3)11-17(10-15)28-4/h5-11H,12H2,1-4H3,(H,20,23)(H,21,24). The average Bonchev–Trinajstić information content (AvgIpc) is 2.67. The second-order valence-electron chi connectivity index (χ2n) is 6.12. The number of nitrogens with zero attached hydrogens (tertiary/aromatic N) is 1. The number of amides is 2. The quantitative estimate of drug-likeness (QED) is 0.673. The van der Waals surface area contributed by atoms with E-state index in [9.17, 15) is 18.0 Å². The van der Waals surface area contributed by atoms with Crippen LogP contribution in [0.2, 0.25) is 0 Å². The molecule has 2 aromatic carbocycles. The van der Waals surface area contributed by atoms with Gasteiger partial charge in [-0.25, -0.2) is 8.42 Å². The monoisotopic (exact) mass is 421 g/mol. The van der Waals surface area contributed by atoms with Gasteiger partial charge in [-0.1, -0.05) is 0 Å². The van der Waals surface area contributed by atoms with Crippen LogP contribution >= 0.6 is 0 Å². The van der Waals surface area contributed by atoms with Crippen molar-refractivity contribution in [2.45, 2.75) is 11.8 Å². The van der Waals surface area contributed by atoms with Gasteiger partial charge in [0.05, 0.1) is 25.7 Å². The van der Waals surface area contributed by atoms with Crippen molar-refractivity contribution in [3.63, 3.8) is 0 Å². The van der Waals surface area contributed by atoms with Crippen molar-refractivity contribution in [2.24, 2.45) is 0 Å². The number of benzene rings is 2. The topological polar surface area (TPSA) is 114 Å². The van der Waals surface area contributed by atoms with Gasteiger partial charge in [0.25, 0.3) is 0 Å². The van der Waals surface area contributed by atoms with Gasteiger partial charge in [0, 0.05) is 43.5 Å². The first kappa shape index (κ1) is 22.2. The molecule has 2 amide bonds. The third kappa shape index (κ3) is 5.93. The molecule has 0 saturated heterocycles. The molecule has 0 aromatic heterocycles. The Balaban J connectivity index is 2.09. The molecule has 0 heterocycles. The zero-order valence-corrected chi connectivity index (χ0v) is 17.4. The summed E-state index contributed by atoms with van der Waals surface area (Å²) in [5.41, 5.74) is 0.889. The lowest BCUT2D eigenvalue weighted by atomic mass is 10.2. The lowest BCUT2D eigenvalue weighted by molar-refractivity contribution is -0.116. The SMILES string of the molecule is COc1cc(NC(=O)CN(C)S(=O)(=O)c2ccc(NC(C)=O)cc2)cc(OC)c1. The van der Waals surface area contributed by atoms with Gasteiger partial charge in [-0.3, -0.25) is 9.59 Å². The lowest BCUT2D eigenvalue weighted by Crippen LogP contribution is -2.35. The summed E-state index contributed by atoms with van der Waals surface area (Å²) in [4.78, 5) is 23.4. The van der Waals surface area contributed by atoms with Crippen LogP contribution in [0.5, 0.6) is 11.5 Å². The molecule has 156 valence electrons. The number of likely N-dealkylation sites (N-methyl/N-ethyl adjacent to an activating group) is 1. The highest BCUT2D eigenvalue weighted by atomic mass is 32.2. The predicted octanol–water partition coefficient (Wildman–Crippen LogP) is 1.92. The molecule has 2 N–H and O–H groups in total. The van der Waals surface area contributed by atoms with Crippen molar-refractivity contribution in [1.82, 2.24) is 4.31 Å². The zero-order valence-electron chi connectivity index (χ0n) is 16.6. The normalized spacial score (nSPS) is 11.1. The van der Waals surface area contributed by atoms with E-state index in [1.54, 1.807) is 18.2 Å². The molecule has 0 radical (unpaired) electrons. The van der Waals surface area contributed by atoms with Gasteiger partial charge in [0.1, 0.15) is 11.5 Å². The number of anilines is 2. The number of hydrogen-bond donors (Lipinski definition) is 2. The van der Waals surface area contributed by atoms with Gasteiger partial charge >= 0.3 is 0 Å². The van der Waals surface area contributed by atoms with E-state index in [-0.39, 0.29) is 10.8 Å². The summed E-state index contributed by atoms with van der Waals surface area (Å²) in [5.74, 6) is 0.185. The first-order valence-electron chi connectivity index (χ1n) is 8.52. The van der Waals surface area contributed by atoms with Crippen LogP contribution < -0.4 is 20.1 Å². The molecule has 2 aromatic rings. The van der Waals surface area contributed by atoms with E-state index in [1.165, 1.54) is 52.5 Å². The van der Waals surface area contributed by atoms with Crippen LogP contribution in [0.4, 0.5) is 11.4 Å². The molecule has 0 aliphatic carbocycles. The zero-order chi connectivity index (χ0) is 21.6. The summed E-state index contributed by atoms with van der Waals surface area (Å²) < 4.78 is 36.6. The third-order valence-corrected chi connectivity index (χ3v) is 5.70. The Morgan fingerprint density at radius 3 is 1.97 bits per heavy atom. The van der Waals surface area contributed by atoms with Gasteiger partial charge < -0.3 is 20.1 Å². The van der Waals surface area contributed by atoms with Gasteiger partial charge in [0.2, 0.25) is 21.8 Å². The highest BCUT2D eigenvalue weighted by Gasteiger charge is 2.23. The van der Waals surface area contributed by atoms with Crippen molar-refractivity contribution in [2.75, 3.05) is 38.4 Å². The number of sulfonamides is 1. The number of carbonyl (C=O) groups is 2. The molecule has 29 heavy (non-hydrogen) atoms. The second kappa shape index (κ2) is 9.39. The summed E-state index contributed by atoms with van der Waals surface area (Å²) in [6.07, 6.45) is 0. The van der Waals surface area contributed by atoms with Gasteiger partial charge in [0.15, 0.2) is 0 Å². The molecule has 2 rings (SSSR count). The summed E-state index contributed by atoms with van der Waals surface area (Å²) in [7, 11) is 0.390. The fourth-order valence-corrected chi connectivity index (χ4v) is 3.59. The molecular weight excluding hydrogens is 398 g/mol. The molecule has 0 spiro atoms. The van der Waals surface area contributed by atoms with E-state index in [2.05, 4.69) is 10.6 Å². The van der Waals surface area contributed by atoms with Crippen molar-refractivity contribution >= 4 is 33.2 Å². The number of carbonyl (C=O) groups excluding carboxylic acids is 2. The molecule has 10 heteroatoms. The first-order chi connectivity index (χ1) is 13.6. The number of methoxy groups -OCH3 is 2. The Hall–Kier alpha value is -3.11. The van der Waals surface area contributed by atoms with Crippen molar-refractivity contribution < 1.29 is 27.5 Å². The van der Waals surface area contributed by atoms with E-state index in [0.29, 0.717) is 22.9 Å². The van der Waals surface area contributed by atoms with E-state index in [0.717, 1.165) is 4.31 Å². The Morgan fingerprint density at radius 1 is 0.931 bits per heavy atom. The molecule has 0 saturated carbocycles. The van der Waals surface area contributed by atoms with E-state index < -0.39 is 22.5 Å². The van der Waals surface area contributed by atoms with E-state index >= 15 is 0 Å². The van der Waals surface area contributed by atoms with Gasteiger partial charge in [-0.2, -0.15) is 4.31 Å². The molecule has 0 aliphatic rings. The second-order valence-corrected chi connectivity index (χ2v) is 8.16. The summed E-state index contributed by atoms with van der Waals surface area (Å²) >= 11 is 0. The highest BCUT2D eigenvalue weighted by Crippen LogP contribution is 2.26. The number of ether oxygens (including phenoxy) is 2. The van der Waals surface area contributed by atoms with Crippen LogP contribution in [-0.4, -0.2) is 52.3 Å². The number of hydrogen-bond acceptors (Lipinski definition) is 6. The molecule has 0 aliphatic heterocycles. The van der Waals surface area contributed by atoms with Crippen LogP contribution in [0, 0.1) is 0 Å². The number of nitrogens with one attached hydrogen (secondary N) is 2. The molecule has 0 unspecified atom stereocenters. The fraction of sp³-hybridized carbons (Fsp3) is 0.263. The summed E-state index contributed by atoms with van der Waals surface area (Å²) in [5, 5.41) is 5.18. The third-order valence-electron chi connectivity index (χ3n) is 3.88. The van der Waals surface area contributed by atoms with E-state index in [4.69, 9.17) is 9.47 Å². The molecule has 0 fully saturated rings. The fourth-order valence-electron chi connectivity index (χ4n) is 2.46.